The van der Waals surface area contributed by atoms with Crippen LogP contribution in [0.5, 0.6) is 0 Å². The van der Waals surface area contributed by atoms with Crippen LogP contribution in [0, 0.1) is 11.7 Å². The minimum absolute atomic E-state index is 0.0407. The third-order valence-electron chi connectivity index (χ3n) is 2.40. The zero-order chi connectivity index (χ0) is 16.2. The summed E-state index contributed by atoms with van der Waals surface area (Å²) in [7, 11) is -4.18. The molecule has 1 amide bonds. The van der Waals surface area contributed by atoms with Gasteiger partial charge >= 0.3 is 5.97 Å². The van der Waals surface area contributed by atoms with E-state index < -0.39 is 38.2 Å². The first-order chi connectivity index (χ1) is 9.63. The zero-order valence-corrected chi connectivity index (χ0v) is 12.2. The number of amides is 1. The van der Waals surface area contributed by atoms with E-state index in [0.717, 1.165) is 12.1 Å². The van der Waals surface area contributed by atoms with E-state index in [0.29, 0.717) is 6.07 Å². The lowest BCUT2D eigenvalue weighted by atomic mass is 10.1. The van der Waals surface area contributed by atoms with Gasteiger partial charge in [0.05, 0.1) is 10.5 Å². The highest BCUT2D eigenvalue weighted by molar-refractivity contribution is 7.89. The minimum Gasteiger partial charge on any atom is -0.478 e. The Morgan fingerprint density at radius 3 is 2.48 bits per heavy atom. The zero-order valence-electron chi connectivity index (χ0n) is 11.4. The van der Waals surface area contributed by atoms with Gasteiger partial charge < -0.3 is 5.11 Å². The Hall–Kier alpha value is -2.00. The SMILES string of the molecule is CC(C)CC(=O)NNS(=O)(=O)c1ccc(F)c(C(=O)O)c1. The monoisotopic (exact) mass is 318 g/mol. The third kappa shape index (κ3) is 4.80. The molecule has 9 heteroatoms. The fraction of sp³-hybridized carbons (Fsp3) is 0.333. The number of halogens is 1. The van der Waals surface area contributed by atoms with Gasteiger partial charge in [0, 0.05) is 6.42 Å². The molecule has 0 aliphatic heterocycles. The predicted molar refractivity (Wildman–Crippen MR) is 71.3 cm³/mol. The smallest absolute Gasteiger partial charge is 0.338 e. The second-order valence-corrected chi connectivity index (χ2v) is 6.38. The van der Waals surface area contributed by atoms with E-state index >= 15 is 0 Å². The molecule has 1 rings (SSSR count). The van der Waals surface area contributed by atoms with Crippen LogP contribution in [0.15, 0.2) is 23.1 Å². The number of hydrazine groups is 1. The fourth-order valence-corrected chi connectivity index (χ4v) is 2.33. The van der Waals surface area contributed by atoms with E-state index in [1.807, 2.05) is 10.3 Å². The van der Waals surface area contributed by atoms with Crippen LogP contribution in [0.1, 0.15) is 30.6 Å². The predicted octanol–water partition coefficient (Wildman–Crippen LogP) is 0.880. The van der Waals surface area contributed by atoms with E-state index in [1.165, 1.54) is 0 Å². The van der Waals surface area contributed by atoms with Gasteiger partial charge in [-0.1, -0.05) is 13.8 Å². The molecule has 0 saturated carbocycles. The van der Waals surface area contributed by atoms with E-state index in [9.17, 15) is 22.4 Å². The number of carbonyl (C=O) groups is 2. The first-order valence-corrected chi connectivity index (χ1v) is 7.45. The van der Waals surface area contributed by atoms with Crippen LogP contribution in [0.2, 0.25) is 0 Å². The summed E-state index contributed by atoms with van der Waals surface area (Å²) in [5.74, 6) is -3.13. The maximum atomic E-state index is 13.2. The van der Waals surface area contributed by atoms with E-state index in [-0.39, 0.29) is 12.3 Å². The van der Waals surface area contributed by atoms with Gasteiger partial charge in [-0.2, -0.15) is 0 Å². The van der Waals surface area contributed by atoms with Crippen molar-refractivity contribution in [2.45, 2.75) is 25.2 Å². The van der Waals surface area contributed by atoms with E-state index in [4.69, 9.17) is 5.11 Å². The molecule has 0 radical (unpaired) electrons. The van der Waals surface area contributed by atoms with Crippen molar-refractivity contribution < 1.29 is 27.5 Å². The molecule has 116 valence electrons. The number of carboxylic acids is 1. The molecule has 1 aromatic carbocycles. The van der Waals surface area contributed by atoms with Gasteiger partial charge in [0.25, 0.3) is 10.0 Å². The summed E-state index contributed by atoms with van der Waals surface area (Å²) in [5.41, 5.74) is 1.23. The molecule has 0 fully saturated rings. The van der Waals surface area contributed by atoms with Gasteiger partial charge in [0.1, 0.15) is 5.82 Å². The van der Waals surface area contributed by atoms with E-state index in [2.05, 4.69) is 0 Å². The maximum Gasteiger partial charge on any atom is 0.338 e. The molecule has 0 atom stereocenters. The first kappa shape index (κ1) is 17.1. The number of aromatic carboxylic acids is 1. The average Bonchev–Trinajstić information content (AvgIpc) is 2.35. The second kappa shape index (κ2) is 6.64. The van der Waals surface area contributed by atoms with Crippen LogP contribution in [0.3, 0.4) is 0 Å². The van der Waals surface area contributed by atoms with Crippen molar-refractivity contribution in [3.8, 4) is 0 Å². The number of sulfonamides is 1. The Kier molecular flexibility index (Phi) is 5.39. The number of nitrogens with one attached hydrogen (secondary N) is 2. The Balaban J connectivity index is 2.91. The molecule has 0 aliphatic rings. The van der Waals surface area contributed by atoms with Crippen molar-refractivity contribution in [1.82, 2.24) is 10.3 Å². The second-order valence-electron chi connectivity index (χ2n) is 4.70. The average molecular weight is 318 g/mol. The molecule has 0 heterocycles. The molecule has 0 aromatic heterocycles. The number of benzene rings is 1. The van der Waals surface area contributed by atoms with Crippen molar-refractivity contribution in [1.29, 1.82) is 0 Å². The highest BCUT2D eigenvalue weighted by Crippen LogP contribution is 2.14. The largest absolute Gasteiger partial charge is 0.478 e. The number of hydrogen-bond donors (Lipinski definition) is 3. The summed E-state index contributed by atoms with van der Waals surface area (Å²) < 4.78 is 36.9. The first-order valence-electron chi connectivity index (χ1n) is 5.97. The standard InChI is InChI=1S/C12H15FN2O5S/c1-7(2)5-11(16)14-15-21(19,20)8-3-4-10(13)9(6-8)12(17)18/h3-4,6-7,15H,5H2,1-2H3,(H,14,16)(H,17,18). The summed E-state index contributed by atoms with van der Waals surface area (Å²) in [4.78, 5) is 23.5. The number of hydrogen-bond acceptors (Lipinski definition) is 4. The van der Waals surface area contributed by atoms with Gasteiger partial charge in [-0.05, 0) is 24.1 Å². The van der Waals surface area contributed by atoms with Crippen molar-refractivity contribution in [2.75, 3.05) is 0 Å². The summed E-state index contributed by atoms with van der Waals surface area (Å²) in [5, 5.41) is 8.75. The van der Waals surface area contributed by atoms with Crippen LogP contribution < -0.4 is 10.3 Å². The molecule has 0 bridgehead atoms. The molecule has 21 heavy (non-hydrogen) atoms. The summed E-state index contributed by atoms with van der Waals surface area (Å²) in [6.07, 6.45) is 0.117. The van der Waals surface area contributed by atoms with Crippen LogP contribution in [-0.2, 0) is 14.8 Å². The molecule has 0 aliphatic carbocycles. The van der Waals surface area contributed by atoms with Crippen molar-refractivity contribution in [3.05, 3.63) is 29.6 Å². The van der Waals surface area contributed by atoms with Crippen molar-refractivity contribution in [2.24, 2.45) is 5.92 Å². The van der Waals surface area contributed by atoms with E-state index in [1.54, 1.807) is 13.8 Å². The Labute approximate surface area is 121 Å². The lowest BCUT2D eigenvalue weighted by Gasteiger charge is -2.10. The Morgan fingerprint density at radius 2 is 1.95 bits per heavy atom. The van der Waals surface area contributed by atoms with Gasteiger partial charge in [0.15, 0.2) is 0 Å². The maximum absolute atomic E-state index is 13.2. The van der Waals surface area contributed by atoms with Crippen molar-refractivity contribution >= 4 is 21.9 Å². The van der Waals surface area contributed by atoms with Crippen LogP contribution in [0.25, 0.3) is 0 Å². The molecule has 7 nitrogen and oxygen atoms in total. The van der Waals surface area contributed by atoms with Crippen LogP contribution in [-0.4, -0.2) is 25.4 Å². The minimum atomic E-state index is -4.18. The van der Waals surface area contributed by atoms with Gasteiger partial charge in [-0.3, -0.25) is 10.2 Å². The lowest BCUT2D eigenvalue weighted by Crippen LogP contribution is -2.41. The Morgan fingerprint density at radius 1 is 1.33 bits per heavy atom. The molecular formula is C12H15FN2O5S. The topological polar surface area (TPSA) is 113 Å². The quantitative estimate of drug-likeness (QED) is 0.674. The molecule has 3 N–H and O–H groups in total. The summed E-state index contributed by atoms with van der Waals surface area (Å²) in [6, 6.07) is 2.31. The number of carbonyl (C=O) groups excluding carboxylic acids is 1. The number of rotatable bonds is 6. The molecule has 0 saturated heterocycles. The lowest BCUT2D eigenvalue weighted by molar-refractivity contribution is -0.122. The normalized spacial score (nSPS) is 11.4. The summed E-state index contributed by atoms with van der Waals surface area (Å²) >= 11 is 0. The van der Waals surface area contributed by atoms with Gasteiger partial charge in [-0.25, -0.2) is 17.6 Å². The van der Waals surface area contributed by atoms with Gasteiger partial charge in [-0.15, -0.1) is 4.83 Å². The molecule has 0 spiro atoms. The fourth-order valence-electron chi connectivity index (χ4n) is 1.44. The van der Waals surface area contributed by atoms with Crippen molar-refractivity contribution in [3.63, 3.8) is 0 Å². The highest BCUT2D eigenvalue weighted by atomic mass is 32.2. The molecular weight excluding hydrogens is 303 g/mol. The summed E-state index contributed by atoms with van der Waals surface area (Å²) in [6.45, 7) is 3.57. The molecule has 1 aromatic rings. The molecule has 0 unspecified atom stereocenters. The third-order valence-corrected chi connectivity index (χ3v) is 3.64. The van der Waals surface area contributed by atoms with Crippen LogP contribution >= 0.6 is 0 Å². The number of carboxylic acid groups (broad SMARTS) is 1. The van der Waals surface area contributed by atoms with Gasteiger partial charge in [0.2, 0.25) is 5.91 Å². The van der Waals surface area contributed by atoms with Crippen LogP contribution in [0.4, 0.5) is 4.39 Å². The highest BCUT2D eigenvalue weighted by Gasteiger charge is 2.19. The Bertz CT molecular complexity index is 658.